The minimum absolute atomic E-state index is 0.245. The summed E-state index contributed by atoms with van der Waals surface area (Å²) < 4.78 is 5.45. The minimum Gasteiger partial charge on any atom is -0.446 e. The Bertz CT molecular complexity index is 398. The number of aliphatic imine (C=N–C) groups is 1. The Morgan fingerprint density at radius 2 is 1.93 bits per heavy atom. The van der Waals surface area contributed by atoms with Crippen LogP contribution in [0.4, 0.5) is 0 Å². The molecule has 0 unspecified atom stereocenters. The van der Waals surface area contributed by atoms with Gasteiger partial charge in [-0.3, -0.25) is 4.79 Å². The number of carbonyl (C=O) groups excluding carboxylic acids is 1. The van der Waals surface area contributed by atoms with Crippen LogP contribution in [0.15, 0.2) is 35.3 Å². The van der Waals surface area contributed by atoms with E-state index in [2.05, 4.69) is 4.99 Å². The van der Waals surface area contributed by atoms with Gasteiger partial charge in [0.05, 0.1) is 0 Å². The van der Waals surface area contributed by atoms with Crippen LogP contribution in [-0.4, -0.2) is 30.9 Å². The first-order valence-electron chi connectivity index (χ1n) is 4.70. The molecule has 0 aromatic heterocycles. The molecule has 0 aliphatic carbocycles. The van der Waals surface area contributed by atoms with Gasteiger partial charge in [-0.15, -0.1) is 0 Å². The van der Waals surface area contributed by atoms with Gasteiger partial charge >= 0.3 is 0 Å². The van der Waals surface area contributed by atoms with Crippen molar-refractivity contribution < 1.29 is 9.53 Å². The fourth-order valence-electron chi connectivity index (χ4n) is 1.38. The van der Waals surface area contributed by atoms with Gasteiger partial charge in [0.15, 0.2) is 0 Å². The van der Waals surface area contributed by atoms with E-state index in [1.807, 2.05) is 30.3 Å². The Balaban J connectivity index is 2.20. The molecule has 0 fully saturated rings. The smallest absolute Gasteiger partial charge is 0.296 e. The number of carbonyl (C=O) groups is 1. The van der Waals surface area contributed by atoms with Crippen LogP contribution in [0.25, 0.3) is 0 Å². The minimum atomic E-state index is -0.580. The molecule has 78 valence electrons. The molecule has 0 saturated heterocycles. The zero-order valence-electron chi connectivity index (χ0n) is 8.68. The third kappa shape index (κ3) is 1.83. The SMILES string of the molecule is CN(C)C1=NC(=O)[C@H](c2ccccc2)O1. The maximum atomic E-state index is 11.6. The molecule has 0 radical (unpaired) electrons. The average Bonchev–Trinajstić information content (AvgIpc) is 2.62. The quantitative estimate of drug-likeness (QED) is 0.690. The lowest BCUT2D eigenvalue weighted by atomic mass is 10.1. The summed E-state index contributed by atoms with van der Waals surface area (Å²) in [4.78, 5) is 17.1. The van der Waals surface area contributed by atoms with E-state index in [0.717, 1.165) is 5.56 Å². The molecule has 0 saturated carbocycles. The van der Waals surface area contributed by atoms with E-state index in [-0.39, 0.29) is 5.91 Å². The number of rotatable bonds is 1. The Morgan fingerprint density at radius 3 is 2.47 bits per heavy atom. The van der Waals surface area contributed by atoms with Crippen LogP contribution in [-0.2, 0) is 9.53 Å². The summed E-state index contributed by atoms with van der Waals surface area (Å²) in [5.74, 6) is -0.245. The molecule has 0 N–H and O–H groups in total. The van der Waals surface area contributed by atoms with Crippen molar-refractivity contribution in [3.05, 3.63) is 35.9 Å². The number of nitrogens with zero attached hydrogens (tertiary/aromatic N) is 2. The van der Waals surface area contributed by atoms with Gasteiger partial charge in [0.2, 0.25) is 6.10 Å². The van der Waals surface area contributed by atoms with Gasteiger partial charge in [0, 0.05) is 19.7 Å². The molecule has 4 nitrogen and oxygen atoms in total. The fourth-order valence-corrected chi connectivity index (χ4v) is 1.38. The number of ether oxygens (including phenoxy) is 1. The van der Waals surface area contributed by atoms with Gasteiger partial charge in [-0.05, 0) is 0 Å². The highest BCUT2D eigenvalue weighted by Crippen LogP contribution is 2.24. The number of hydrogen-bond donors (Lipinski definition) is 0. The Kier molecular flexibility index (Phi) is 2.41. The van der Waals surface area contributed by atoms with E-state index >= 15 is 0 Å². The first kappa shape index (κ1) is 9.71. The summed E-state index contributed by atoms with van der Waals surface area (Å²) in [6.45, 7) is 0. The fraction of sp³-hybridized carbons (Fsp3) is 0.273. The highest BCUT2D eigenvalue weighted by Gasteiger charge is 2.31. The maximum absolute atomic E-state index is 11.6. The van der Waals surface area contributed by atoms with Gasteiger partial charge in [-0.1, -0.05) is 30.3 Å². The summed E-state index contributed by atoms with van der Waals surface area (Å²) in [7, 11) is 3.58. The summed E-state index contributed by atoms with van der Waals surface area (Å²) in [6, 6.07) is 9.73. The molecule has 1 atom stereocenters. The first-order valence-corrected chi connectivity index (χ1v) is 4.70. The summed E-state index contributed by atoms with van der Waals surface area (Å²) >= 11 is 0. The molecular formula is C11H12N2O2. The van der Waals surface area contributed by atoms with E-state index in [1.165, 1.54) is 0 Å². The van der Waals surface area contributed by atoms with Crippen molar-refractivity contribution in [2.24, 2.45) is 4.99 Å². The van der Waals surface area contributed by atoms with Crippen LogP contribution < -0.4 is 0 Å². The maximum Gasteiger partial charge on any atom is 0.296 e. The van der Waals surface area contributed by atoms with Gasteiger partial charge in [0.25, 0.3) is 11.9 Å². The standard InChI is InChI=1S/C11H12N2O2/c1-13(2)11-12-10(14)9(15-11)8-6-4-3-5-7-8/h3-7,9H,1-2H3/t9-/m0/s1. The molecule has 2 rings (SSSR count). The Morgan fingerprint density at radius 1 is 1.27 bits per heavy atom. The monoisotopic (exact) mass is 204 g/mol. The van der Waals surface area contributed by atoms with Crippen LogP contribution in [0.3, 0.4) is 0 Å². The van der Waals surface area contributed by atoms with Crippen LogP contribution in [0, 0.1) is 0 Å². The second kappa shape index (κ2) is 3.73. The van der Waals surface area contributed by atoms with Crippen LogP contribution >= 0.6 is 0 Å². The van der Waals surface area contributed by atoms with Gasteiger partial charge in [-0.2, -0.15) is 4.99 Å². The van der Waals surface area contributed by atoms with Gasteiger partial charge in [-0.25, -0.2) is 0 Å². The second-order valence-corrected chi connectivity index (χ2v) is 3.54. The average molecular weight is 204 g/mol. The van der Waals surface area contributed by atoms with E-state index in [1.54, 1.807) is 19.0 Å². The van der Waals surface area contributed by atoms with Crippen molar-refractivity contribution in [3.63, 3.8) is 0 Å². The molecule has 4 heteroatoms. The molecule has 1 aromatic rings. The lowest BCUT2D eigenvalue weighted by Crippen LogP contribution is -2.22. The van der Waals surface area contributed by atoms with Crippen molar-refractivity contribution >= 4 is 11.9 Å². The third-order valence-electron chi connectivity index (χ3n) is 2.14. The second-order valence-electron chi connectivity index (χ2n) is 3.54. The van der Waals surface area contributed by atoms with Crippen molar-refractivity contribution in [3.8, 4) is 0 Å². The Hall–Kier alpha value is -1.84. The molecule has 0 bridgehead atoms. The lowest BCUT2D eigenvalue weighted by molar-refractivity contribution is -0.122. The number of hydrogen-bond acceptors (Lipinski definition) is 3. The van der Waals surface area contributed by atoms with Crippen LogP contribution in [0.5, 0.6) is 0 Å². The topological polar surface area (TPSA) is 41.9 Å². The van der Waals surface area contributed by atoms with Gasteiger partial charge < -0.3 is 9.64 Å². The third-order valence-corrected chi connectivity index (χ3v) is 2.14. The van der Waals surface area contributed by atoms with Crippen LogP contribution in [0.1, 0.15) is 11.7 Å². The van der Waals surface area contributed by atoms with Gasteiger partial charge in [0.1, 0.15) is 0 Å². The molecular weight excluding hydrogens is 192 g/mol. The van der Waals surface area contributed by atoms with Crippen molar-refractivity contribution in [1.82, 2.24) is 4.90 Å². The van der Waals surface area contributed by atoms with Crippen molar-refractivity contribution in [2.45, 2.75) is 6.10 Å². The summed E-state index contributed by atoms with van der Waals surface area (Å²) in [6.07, 6.45) is -0.580. The molecule has 1 heterocycles. The predicted molar refractivity (Wildman–Crippen MR) is 56.4 cm³/mol. The van der Waals surface area contributed by atoms with E-state index < -0.39 is 6.10 Å². The zero-order valence-corrected chi connectivity index (χ0v) is 8.68. The van der Waals surface area contributed by atoms with E-state index in [9.17, 15) is 4.79 Å². The largest absolute Gasteiger partial charge is 0.446 e. The molecule has 15 heavy (non-hydrogen) atoms. The zero-order chi connectivity index (χ0) is 10.8. The highest BCUT2D eigenvalue weighted by molar-refractivity contribution is 5.98. The number of amidine groups is 1. The van der Waals surface area contributed by atoms with Crippen molar-refractivity contribution in [1.29, 1.82) is 0 Å². The first-order chi connectivity index (χ1) is 7.18. The highest BCUT2D eigenvalue weighted by atomic mass is 16.5. The molecule has 1 aromatic carbocycles. The summed E-state index contributed by atoms with van der Waals surface area (Å²) in [5, 5.41) is 0. The molecule has 1 amide bonds. The van der Waals surface area contributed by atoms with E-state index in [4.69, 9.17) is 4.74 Å². The Labute approximate surface area is 88.2 Å². The normalized spacial score (nSPS) is 19.7. The molecule has 1 aliphatic rings. The molecule has 1 aliphatic heterocycles. The predicted octanol–water partition coefficient (Wildman–Crippen LogP) is 1.20. The lowest BCUT2D eigenvalue weighted by Gasteiger charge is -2.14. The van der Waals surface area contributed by atoms with Crippen LogP contribution in [0.2, 0.25) is 0 Å². The summed E-state index contributed by atoms with van der Waals surface area (Å²) in [5.41, 5.74) is 0.836. The van der Waals surface area contributed by atoms with E-state index in [0.29, 0.717) is 6.02 Å². The number of amides is 1. The number of benzene rings is 1. The molecule has 0 spiro atoms. The van der Waals surface area contributed by atoms with Crippen molar-refractivity contribution in [2.75, 3.05) is 14.1 Å².